The van der Waals surface area contributed by atoms with Crippen LogP contribution in [0.4, 0.5) is 0 Å². The summed E-state index contributed by atoms with van der Waals surface area (Å²) in [6.45, 7) is 1.87. The van der Waals surface area contributed by atoms with E-state index in [0.717, 1.165) is 13.1 Å². The molecule has 0 saturated carbocycles. The van der Waals surface area contributed by atoms with Crippen LogP contribution in [-0.4, -0.2) is 27.3 Å². The van der Waals surface area contributed by atoms with Crippen molar-refractivity contribution in [3.63, 3.8) is 0 Å². The summed E-state index contributed by atoms with van der Waals surface area (Å²) in [6, 6.07) is 0. The van der Waals surface area contributed by atoms with Gasteiger partial charge in [-0.05, 0) is 25.4 Å². The molecule has 1 aliphatic heterocycles. The summed E-state index contributed by atoms with van der Waals surface area (Å²) in [4.78, 5) is 0. The van der Waals surface area contributed by atoms with Crippen LogP contribution in [0.25, 0.3) is 0 Å². The molecule has 1 rings (SSSR count). The highest BCUT2D eigenvalue weighted by Gasteiger charge is 2.18. The van der Waals surface area contributed by atoms with Crippen molar-refractivity contribution < 1.29 is 8.42 Å². The lowest BCUT2D eigenvalue weighted by atomic mass is 10.0. The van der Waals surface area contributed by atoms with Gasteiger partial charge in [0.15, 0.2) is 0 Å². The minimum atomic E-state index is -3.25. The topological polar surface area (TPSA) is 46.2 Å². The zero-order valence-corrected chi connectivity index (χ0v) is 7.08. The Kier molecular flexibility index (Phi) is 2.55. The molecule has 60 valence electrons. The zero-order valence-electron chi connectivity index (χ0n) is 5.51. The normalized spacial score (nSPS) is 20.5. The first-order valence-corrected chi connectivity index (χ1v) is 5.69. The minimum Gasteiger partial charge on any atom is -0.316 e. The minimum absolute atomic E-state index is 0.112. The molecule has 0 aromatic rings. The molecule has 0 amide bonds. The van der Waals surface area contributed by atoms with Crippen LogP contribution < -0.4 is 5.32 Å². The van der Waals surface area contributed by atoms with Crippen molar-refractivity contribution >= 4 is 19.7 Å². The van der Waals surface area contributed by atoms with Gasteiger partial charge in [0.2, 0.25) is 9.05 Å². The van der Waals surface area contributed by atoms with Crippen molar-refractivity contribution in [1.82, 2.24) is 5.32 Å². The Balaban J connectivity index is 2.16. The molecule has 1 saturated heterocycles. The summed E-state index contributed by atoms with van der Waals surface area (Å²) in [5.74, 6) is 0.634. The standard InChI is InChI=1S/C5H10ClNO2S/c6-10(8,9)2-1-5-3-7-4-5/h5,7H,1-4H2. The summed E-state index contributed by atoms with van der Waals surface area (Å²) in [5.41, 5.74) is 0. The highest BCUT2D eigenvalue weighted by Crippen LogP contribution is 2.11. The second-order valence-corrected chi connectivity index (χ2v) is 5.45. The van der Waals surface area contributed by atoms with Crippen LogP contribution in [0.2, 0.25) is 0 Å². The zero-order chi connectivity index (χ0) is 7.61. The Morgan fingerprint density at radius 1 is 1.50 bits per heavy atom. The van der Waals surface area contributed by atoms with Gasteiger partial charge >= 0.3 is 0 Å². The van der Waals surface area contributed by atoms with E-state index in [1.165, 1.54) is 0 Å². The predicted molar refractivity (Wildman–Crippen MR) is 40.6 cm³/mol. The third-order valence-electron chi connectivity index (χ3n) is 1.64. The van der Waals surface area contributed by atoms with Crippen LogP contribution in [0.15, 0.2) is 0 Å². The van der Waals surface area contributed by atoms with Crippen LogP contribution in [0.1, 0.15) is 6.42 Å². The van der Waals surface area contributed by atoms with Gasteiger partial charge in [0.05, 0.1) is 5.75 Å². The Morgan fingerprint density at radius 2 is 2.10 bits per heavy atom. The Hall–Kier alpha value is 0.200. The molecule has 0 aromatic carbocycles. The molecular formula is C5H10ClNO2S. The van der Waals surface area contributed by atoms with E-state index in [1.54, 1.807) is 0 Å². The van der Waals surface area contributed by atoms with Crippen LogP contribution in [0.5, 0.6) is 0 Å². The van der Waals surface area contributed by atoms with Crippen molar-refractivity contribution in [1.29, 1.82) is 0 Å². The van der Waals surface area contributed by atoms with E-state index in [9.17, 15) is 8.42 Å². The number of rotatable bonds is 3. The fourth-order valence-corrected chi connectivity index (χ4v) is 1.74. The average Bonchev–Trinajstić information content (AvgIpc) is 1.56. The van der Waals surface area contributed by atoms with Crippen molar-refractivity contribution in [3.8, 4) is 0 Å². The maximum Gasteiger partial charge on any atom is 0.232 e. The SMILES string of the molecule is O=S(=O)(Cl)CCC1CNC1. The molecule has 0 bridgehead atoms. The molecule has 0 atom stereocenters. The smallest absolute Gasteiger partial charge is 0.232 e. The molecule has 0 unspecified atom stereocenters. The summed E-state index contributed by atoms with van der Waals surface area (Å²) in [6.07, 6.45) is 0.693. The van der Waals surface area contributed by atoms with Gasteiger partial charge in [0, 0.05) is 10.7 Å². The molecule has 5 heteroatoms. The summed E-state index contributed by atoms with van der Waals surface area (Å²) in [7, 11) is 1.76. The Labute approximate surface area is 65.2 Å². The first-order valence-electron chi connectivity index (χ1n) is 3.21. The van der Waals surface area contributed by atoms with E-state index in [4.69, 9.17) is 10.7 Å². The molecule has 1 heterocycles. The van der Waals surface area contributed by atoms with E-state index in [0.29, 0.717) is 12.3 Å². The average molecular weight is 184 g/mol. The van der Waals surface area contributed by atoms with Gasteiger partial charge < -0.3 is 5.32 Å². The Bertz CT molecular complexity index is 198. The first kappa shape index (κ1) is 8.30. The highest BCUT2D eigenvalue weighted by atomic mass is 35.7. The van der Waals surface area contributed by atoms with E-state index < -0.39 is 9.05 Å². The summed E-state index contributed by atoms with van der Waals surface area (Å²) in [5, 5.41) is 3.06. The fraction of sp³-hybridized carbons (Fsp3) is 1.00. The van der Waals surface area contributed by atoms with Gasteiger partial charge in [-0.15, -0.1) is 0 Å². The number of hydrogen-bond donors (Lipinski definition) is 1. The third-order valence-corrected chi connectivity index (χ3v) is 2.82. The van der Waals surface area contributed by atoms with Crippen molar-refractivity contribution in [2.45, 2.75) is 6.42 Å². The quantitative estimate of drug-likeness (QED) is 0.635. The van der Waals surface area contributed by atoms with Crippen LogP contribution in [0.3, 0.4) is 0 Å². The number of halogens is 1. The van der Waals surface area contributed by atoms with Gasteiger partial charge in [0.1, 0.15) is 0 Å². The largest absolute Gasteiger partial charge is 0.316 e. The van der Waals surface area contributed by atoms with Gasteiger partial charge in [-0.3, -0.25) is 0 Å². The van der Waals surface area contributed by atoms with E-state index in [1.807, 2.05) is 0 Å². The monoisotopic (exact) mass is 183 g/mol. The molecule has 10 heavy (non-hydrogen) atoms. The summed E-state index contributed by atoms with van der Waals surface area (Å²) < 4.78 is 20.8. The van der Waals surface area contributed by atoms with E-state index in [2.05, 4.69) is 5.32 Å². The third kappa shape index (κ3) is 2.86. The van der Waals surface area contributed by atoms with Crippen molar-refractivity contribution in [2.24, 2.45) is 5.92 Å². The van der Waals surface area contributed by atoms with Crippen LogP contribution >= 0.6 is 10.7 Å². The number of hydrogen-bond acceptors (Lipinski definition) is 3. The molecule has 0 aromatic heterocycles. The molecule has 0 radical (unpaired) electrons. The van der Waals surface area contributed by atoms with Crippen molar-refractivity contribution in [2.75, 3.05) is 18.8 Å². The maximum atomic E-state index is 10.4. The molecular weight excluding hydrogens is 174 g/mol. The lowest BCUT2D eigenvalue weighted by Gasteiger charge is -2.26. The second-order valence-electron chi connectivity index (χ2n) is 2.56. The number of nitrogens with one attached hydrogen (secondary N) is 1. The second kappa shape index (κ2) is 3.07. The van der Waals surface area contributed by atoms with Gasteiger partial charge in [-0.25, -0.2) is 8.42 Å². The fourth-order valence-electron chi connectivity index (χ4n) is 0.860. The van der Waals surface area contributed by atoms with Gasteiger partial charge in [0.25, 0.3) is 0 Å². The molecule has 0 spiro atoms. The molecule has 1 aliphatic rings. The molecule has 3 nitrogen and oxygen atoms in total. The van der Waals surface area contributed by atoms with Crippen molar-refractivity contribution in [3.05, 3.63) is 0 Å². The lowest BCUT2D eigenvalue weighted by molar-refractivity contribution is 0.339. The van der Waals surface area contributed by atoms with E-state index >= 15 is 0 Å². The van der Waals surface area contributed by atoms with Gasteiger partial charge in [-0.1, -0.05) is 0 Å². The highest BCUT2D eigenvalue weighted by molar-refractivity contribution is 8.13. The Morgan fingerprint density at radius 3 is 2.40 bits per heavy atom. The first-order chi connectivity index (χ1) is 4.58. The van der Waals surface area contributed by atoms with Crippen LogP contribution in [-0.2, 0) is 9.05 Å². The predicted octanol–water partition coefficient (Wildman–Crippen LogP) is 0.165. The maximum absolute atomic E-state index is 10.4. The molecule has 1 fully saturated rings. The molecule has 0 aliphatic carbocycles. The lowest BCUT2D eigenvalue weighted by Crippen LogP contribution is -2.42. The summed E-state index contributed by atoms with van der Waals surface area (Å²) >= 11 is 0. The van der Waals surface area contributed by atoms with Gasteiger partial charge in [-0.2, -0.15) is 0 Å². The van der Waals surface area contributed by atoms with Crippen LogP contribution in [0, 0.1) is 5.92 Å². The van der Waals surface area contributed by atoms with E-state index in [-0.39, 0.29) is 5.75 Å². The molecule has 1 N–H and O–H groups in total.